The van der Waals surface area contributed by atoms with Gasteiger partial charge in [-0.05, 0) is 84.9 Å². The molecule has 1 aliphatic rings. The fourth-order valence-corrected chi connectivity index (χ4v) is 5.83. The number of nitrogens with two attached hydrogens (primary N) is 1. The van der Waals surface area contributed by atoms with E-state index in [1.165, 1.54) is 56.3 Å². The molecule has 0 aromatic heterocycles. The zero-order chi connectivity index (χ0) is 33.5. The number of anilines is 2. The van der Waals surface area contributed by atoms with E-state index in [-0.39, 0.29) is 29.5 Å². The van der Waals surface area contributed by atoms with Crippen LogP contribution >= 0.6 is 11.8 Å². The van der Waals surface area contributed by atoms with E-state index >= 15 is 0 Å². The fourth-order valence-electron chi connectivity index (χ4n) is 4.77. The number of imide groups is 1. The molecule has 1 fully saturated rings. The summed E-state index contributed by atoms with van der Waals surface area (Å²) in [7, 11) is 3.01. The lowest BCUT2D eigenvalue weighted by Gasteiger charge is -2.15. The highest BCUT2D eigenvalue weighted by Gasteiger charge is 2.40. The van der Waals surface area contributed by atoms with E-state index in [2.05, 4.69) is 10.6 Å². The van der Waals surface area contributed by atoms with Crippen molar-refractivity contribution in [1.82, 2.24) is 5.32 Å². The maximum absolute atomic E-state index is 13.5. The Kier molecular flexibility index (Phi) is 10.0. The van der Waals surface area contributed by atoms with Gasteiger partial charge >= 0.3 is 0 Å². The van der Waals surface area contributed by atoms with Crippen LogP contribution in [0.5, 0.6) is 11.5 Å². The maximum atomic E-state index is 13.5. The van der Waals surface area contributed by atoms with Crippen molar-refractivity contribution in [2.24, 2.45) is 5.73 Å². The summed E-state index contributed by atoms with van der Waals surface area (Å²) in [6.07, 6.45) is 1.50. The maximum Gasteiger partial charge on any atom is 0.272 e. The van der Waals surface area contributed by atoms with Crippen LogP contribution in [0.25, 0.3) is 6.08 Å². The number of primary amides is 1. The van der Waals surface area contributed by atoms with Gasteiger partial charge < -0.3 is 25.8 Å². The Balaban J connectivity index is 1.31. The monoisotopic (exact) mass is 650 g/mol. The highest BCUT2D eigenvalue weighted by Crippen LogP contribution is 2.34. The van der Waals surface area contributed by atoms with Gasteiger partial charge in [-0.3, -0.25) is 24.0 Å². The summed E-state index contributed by atoms with van der Waals surface area (Å²) >= 11 is 1.23. The predicted octanol–water partition coefficient (Wildman–Crippen LogP) is 4.64. The molecule has 11 nitrogen and oxygen atoms in total. The second kappa shape index (κ2) is 14.5. The van der Waals surface area contributed by atoms with E-state index in [0.29, 0.717) is 38.9 Å². The molecule has 238 valence electrons. The highest BCUT2D eigenvalue weighted by atomic mass is 32.2. The van der Waals surface area contributed by atoms with Crippen molar-refractivity contribution >= 4 is 58.7 Å². The van der Waals surface area contributed by atoms with Crippen LogP contribution in [0, 0.1) is 0 Å². The average molecular weight is 651 g/mol. The minimum atomic E-state index is -0.653. The number of methoxy groups -OCH3 is 2. The molecule has 0 spiro atoms. The molecule has 0 saturated carbocycles. The number of nitrogens with zero attached hydrogens (tertiary/aromatic N) is 1. The summed E-state index contributed by atoms with van der Waals surface area (Å²) < 4.78 is 10.8. The topological polar surface area (TPSA) is 157 Å². The van der Waals surface area contributed by atoms with Crippen LogP contribution in [-0.4, -0.2) is 49.0 Å². The van der Waals surface area contributed by atoms with Crippen LogP contribution < -0.4 is 30.7 Å². The summed E-state index contributed by atoms with van der Waals surface area (Å²) in [5.74, 6) is -1.40. The lowest BCUT2D eigenvalue weighted by Crippen LogP contribution is -2.31. The van der Waals surface area contributed by atoms with Gasteiger partial charge in [-0.25, -0.2) is 4.90 Å². The van der Waals surface area contributed by atoms with Crippen molar-refractivity contribution in [3.63, 3.8) is 0 Å². The van der Waals surface area contributed by atoms with Crippen molar-refractivity contribution in [2.75, 3.05) is 24.4 Å². The van der Waals surface area contributed by atoms with E-state index in [4.69, 9.17) is 15.2 Å². The number of hydrogen-bond donors (Lipinski definition) is 3. The molecular formula is C35H30N4O7S. The SMILES string of the molecule is COc1ccc(OC)c(/C=C(\NC(=O)c2ccccc2)C(=O)Nc2ccc(SC3CC(=O)N(c4ccc(C(N)=O)cc4)C3=O)cc2)c1. The standard InChI is InChI=1S/C35H30N4O7S/c1-45-26-14-17-29(46-2)23(18-26)19-28(38-33(42)22-6-4-3-5-7-22)34(43)37-24-10-15-27(16-11-24)47-30-20-31(40)39(35(30)44)25-12-8-21(9-13-25)32(36)41/h3-19,30H,20H2,1-2H3,(H2,36,41)(H,37,43)(H,38,42)/b28-19-. The van der Waals surface area contributed by atoms with Gasteiger partial charge in [0.05, 0.1) is 25.2 Å². The smallest absolute Gasteiger partial charge is 0.272 e. The molecule has 1 heterocycles. The Labute approximate surface area is 274 Å². The third-order valence-electron chi connectivity index (χ3n) is 7.17. The quantitative estimate of drug-likeness (QED) is 0.157. The van der Waals surface area contributed by atoms with Crippen LogP contribution in [0.1, 0.15) is 32.7 Å². The number of amides is 5. The average Bonchev–Trinajstić information content (AvgIpc) is 3.36. The second-order valence-electron chi connectivity index (χ2n) is 10.3. The van der Waals surface area contributed by atoms with Crippen molar-refractivity contribution < 1.29 is 33.4 Å². The van der Waals surface area contributed by atoms with Gasteiger partial charge in [-0.15, -0.1) is 11.8 Å². The number of ether oxygens (including phenoxy) is 2. The first-order valence-corrected chi connectivity index (χ1v) is 15.2. The molecule has 5 rings (SSSR count). The second-order valence-corrected chi connectivity index (χ2v) is 11.5. The first-order valence-electron chi connectivity index (χ1n) is 14.3. The third kappa shape index (κ3) is 7.68. The van der Waals surface area contributed by atoms with Gasteiger partial charge in [-0.2, -0.15) is 0 Å². The molecule has 1 aliphatic heterocycles. The fraction of sp³-hybridized carbons (Fsp3) is 0.114. The van der Waals surface area contributed by atoms with Gasteiger partial charge in [0.2, 0.25) is 17.7 Å². The van der Waals surface area contributed by atoms with Gasteiger partial charge in [0.15, 0.2) is 0 Å². The Morgan fingerprint density at radius 3 is 2.21 bits per heavy atom. The predicted molar refractivity (Wildman–Crippen MR) is 178 cm³/mol. The molecule has 47 heavy (non-hydrogen) atoms. The number of benzene rings is 4. The molecule has 1 unspecified atom stereocenters. The van der Waals surface area contributed by atoms with Crippen LogP contribution in [0.2, 0.25) is 0 Å². The lowest BCUT2D eigenvalue weighted by atomic mass is 10.1. The first kappa shape index (κ1) is 32.5. The minimum Gasteiger partial charge on any atom is -0.497 e. The third-order valence-corrected chi connectivity index (χ3v) is 8.37. The van der Waals surface area contributed by atoms with Crippen LogP contribution in [0.3, 0.4) is 0 Å². The lowest BCUT2D eigenvalue weighted by molar-refractivity contribution is -0.121. The molecule has 4 aromatic carbocycles. The molecule has 4 N–H and O–H groups in total. The largest absolute Gasteiger partial charge is 0.497 e. The van der Waals surface area contributed by atoms with Gasteiger partial charge in [0.25, 0.3) is 11.8 Å². The van der Waals surface area contributed by atoms with E-state index in [9.17, 15) is 24.0 Å². The van der Waals surface area contributed by atoms with E-state index in [0.717, 1.165) is 4.90 Å². The zero-order valence-electron chi connectivity index (χ0n) is 25.4. The number of nitrogens with one attached hydrogen (secondary N) is 2. The van der Waals surface area contributed by atoms with E-state index in [1.54, 1.807) is 72.8 Å². The molecule has 5 amide bonds. The minimum absolute atomic E-state index is 0.00254. The van der Waals surface area contributed by atoms with E-state index < -0.39 is 23.0 Å². The Hall–Kier alpha value is -5.88. The Morgan fingerprint density at radius 1 is 0.872 bits per heavy atom. The van der Waals surface area contributed by atoms with Crippen molar-refractivity contribution in [1.29, 1.82) is 0 Å². The molecule has 0 aliphatic carbocycles. The summed E-state index contributed by atoms with van der Waals surface area (Å²) in [6, 6.07) is 26.3. The van der Waals surface area contributed by atoms with Crippen molar-refractivity contribution in [3.8, 4) is 11.5 Å². The number of carbonyl (C=O) groups excluding carboxylic acids is 5. The zero-order valence-corrected chi connectivity index (χ0v) is 26.2. The van der Waals surface area contributed by atoms with E-state index in [1.807, 2.05) is 0 Å². The molecule has 4 aromatic rings. The summed E-state index contributed by atoms with van der Waals surface area (Å²) in [5, 5.41) is 4.84. The Bertz CT molecular complexity index is 1860. The molecule has 12 heteroatoms. The molecule has 1 saturated heterocycles. The normalized spacial score (nSPS) is 14.5. The van der Waals surface area contributed by atoms with Gasteiger partial charge in [0.1, 0.15) is 17.2 Å². The van der Waals surface area contributed by atoms with Crippen LogP contribution in [-0.2, 0) is 14.4 Å². The molecule has 0 radical (unpaired) electrons. The number of thioether (sulfide) groups is 1. The number of hydrogen-bond acceptors (Lipinski definition) is 8. The Morgan fingerprint density at radius 2 is 1.57 bits per heavy atom. The first-order chi connectivity index (χ1) is 22.7. The van der Waals surface area contributed by atoms with Crippen LogP contribution in [0.4, 0.5) is 11.4 Å². The van der Waals surface area contributed by atoms with Gasteiger partial charge in [-0.1, -0.05) is 18.2 Å². The van der Waals surface area contributed by atoms with Crippen molar-refractivity contribution in [3.05, 3.63) is 119 Å². The number of carbonyl (C=O) groups is 5. The molecule has 0 bridgehead atoms. The summed E-state index contributed by atoms with van der Waals surface area (Å²) in [4.78, 5) is 65.6. The molecular weight excluding hydrogens is 620 g/mol. The van der Waals surface area contributed by atoms with Crippen molar-refractivity contribution in [2.45, 2.75) is 16.6 Å². The van der Waals surface area contributed by atoms with Gasteiger partial charge in [0, 0.05) is 33.7 Å². The van der Waals surface area contributed by atoms with Crippen LogP contribution in [0.15, 0.2) is 108 Å². The summed E-state index contributed by atoms with van der Waals surface area (Å²) in [6.45, 7) is 0. The number of rotatable bonds is 11. The molecule has 1 atom stereocenters. The summed E-state index contributed by atoms with van der Waals surface area (Å²) in [5.41, 5.74) is 7.18. The highest BCUT2D eigenvalue weighted by molar-refractivity contribution is 8.00.